The van der Waals surface area contributed by atoms with Gasteiger partial charge in [0.2, 0.25) is 0 Å². The van der Waals surface area contributed by atoms with Crippen LogP contribution in [-0.2, 0) is 0 Å². The number of anilines is 4. The van der Waals surface area contributed by atoms with E-state index in [1.54, 1.807) is 25.6 Å². The monoisotopic (exact) mass is 546 g/mol. The predicted molar refractivity (Wildman–Crippen MR) is 156 cm³/mol. The number of ether oxygens (including phenoxy) is 2. The number of halogens is 1. The van der Waals surface area contributed by atoms with Gasteiger partial charge in [-0.2, -0.15) is 0 Å². The molecule has 0 bridgehead atoms. The fraction of sp³-hybridized carbons (Fsp3) is 0.333. The Hall–Kier alpha value is -4.31. The Bertz CT molecular complexity index is 1480. The largest absolute Gasteiger partial charge is 0.494 e. The Morgan fingerprint density at radius 1 is 1.12 bits per heavy atom. The fourth-order valence-electron chi connectivity index (χ4n) is 5.16. The molecule has 3 heterocycles. The molecule has 1 saturated heterocycles. The highest BCUT2D eigenvalue weighted by atomic mass is 19.1. The number of H-pyrrole nitrogens is 1. The Morgan fingerprint density at radius 2 is 1.95 bits per heavy atom. The number of piperidine rings is 1. The molecule has 1 aliphatic rings. The molecule has 2 aromatic heterocycles. The van der Waals surface area contributed by atoms with Gasteiger partial charge < -0.3 is 35.7 Å². The number of benzene rings is 2. The molecule has 40 heavy (non-hydrogen) atoms. The number of aromatic amines is 1. The number of hydrogen-bond donors (Lipinski definition) is 4. The van der Waals surface area contributed by atoms with E-state index >= 15 is 0 Å². The third-order valence-electron chi connectivity index (χ3n) is 7.25. The molecule has 0 aliphatic carbocycles. The van der Waals surface area contributed by atoms with Gasteiger partial charge in [0.25, 0.3) is 5.91 Å². The Labute approximate surface area is 232 Å². The van der Waals surface area contributed by atoms with E-state index in [0.717, 1.165) is 48.3 Å². The van der Waals surface area contributed by atoms with Crippen molar-refractivity contribution in [2.45, 2.75) is 26.2 Å². The van der Waals surface area contributed by atoms with Gasteiger partial charge in [0.05, 0.1) is 54.3 Å². The van der Waals surface area contributed by atoms with Gasteiger partial charge in [-0.1, -0.05) is 13.0 Å². The summed E-state index contributed by atoms with van der Waals surface area (Å²) in [6.45, 7) is 6.37. The molecule has 4 aromatic rings. The smallest absolute Gasteiger partial charge is 0.253 e. The van der Waals surface area contributed by atoms with E-state index in [1.807, 2.05) is 24.3 Å². The highest BCUT2D eigenvalue weighted by Crippen LogP contribution is 2.35. The summed E-state index contributed by atoms with van der Waals surface area (Å²) >= 11 is 0. The Kier molecular flexibility index (Phi) is 8.35. The predicted octanol–water partition coefficient (Wildman–Crippen LogP) is 5.80. The number of nitrogens with two attached hydrogens (primary N) is 1. The normalized spacial score (nSPS) is 14.3. The van der Waals surface area contributed by atoms with Crippen molar-refractivity contribution >= 4 is 39.7 Å². The minimum atomic E-state index is -0.853. The van der Waals surface area contributed by atoms with Crippen LogP contribution in [0.25, 0.3) is 10.9 Å². The molecule has 5 rings (SSSR count). The summed E-state index contributed by atoms with van der Waals surface area (Å²) in [6.07, 6.45) is 6.81. The highest BCUT2D eigenvalue weighted by Gasteiger charge is 2.20. The zero-order chi connectivity index (χ0) is 28.1. The van der Waals surface area contributed by atoms with Crippen LogP contribution in [0.4, 0.5) is 27.3 Å². The van der Waals surface area contributed by atoms with Crippen LogP contribution in [-0.4, -0.2) is 54.1 Å². The fourth-order valence-corrected chi connectivity index (χ4v) is 5.16. The average molecular weight is 547 g/mol. The maximum atomic E-state index is 14.3. The number of aromatic nitrogens is 2. The first-order chi connectivity index (χ1) is 19.4. The lowest BCUT2D eigenvalue weighted by molar-refractivity contribution is 0.0997. The molecule has 0 atom stereocenters. The summed E-state index contributed by atoms with van der Waals surface area (Å²) in [6, 6.07) is 12.0. The van der Waals surface area contributed by atoms with E-state index < -0.39 is 11.7 Å². The molecular weight excluding hydrogens is 511 g/mol. The van der Waals surface area contributed by atoms with Crippen molar-refractivity contribution in [3.8, 4) is 11.5 Å². The third-order valence-corrected chi connectivity index (χ3v) is 7.25. The highest BCUT2D eigenvalue weighted by molar-refractivity contribution is 6.02. The van der Waals surface area contributed by atoms with E-state index in [2.05, 4.69) is 32.4 Å². The molecule has 0 unspecified atom stereocenters. The molecule has 5 N–H and O–H groups in total. The van der Waals surface area contributed by atoms with Gasteiger partial charge >= 0.3 is 0 Å². The van der Waals surface area contributed by atoms with Gasteiger partial charge in [-0.25, -0.2) is 4.39 Å². The number of carbonyl (C=O) groups excluding carboxylic acids is 1. The van der Waals surface area contributed by atoms with Crippen molar-refractivity contribution in [3.05, 3.63) is 66.2 Å². The molecule has 9 nitrogen and oxygen atoms in total. The molecule has 0 radical (unpaired) electrons. The van der Waals surface area contributed by atoms with Crippen LogP contribution < -0.4 is 25.8 Å². The van der Waals surface area contributed by atoms with Gasteiger partial charge in [-0.3, -0.25) is 9.78 Å². The number of hydrogen-bond acceptors (Lipinski definition) is 7. The lowest BCUT2D eigenvalue weighted by Crippen LogP contribution is -2.35. The number of pyridine rings is 1. The second kappa shape index (κ2) is 12.3. The van der Waals surface area contributed by atoms with Crippen LogP contribution in [0.5, 0.6) is 11.5 Å². The molecule has 210 valence electrons. The summed E-state index contributed by atoms with van der Waals surface area (Å²) in [4.78, 5) is 21.9. The minimum absolute atomic E-state index is 0.206. The molecule has 1 aliphatic heterocycles. The number of amides is 1. The molecule has 1 amide bonds. The quantitative estimate of drug-likeness (QED) is 0.188. The molecule has 0 spiro atoms. The standard InChI is InChI=1S/C30H35FN6O3/c1-3-11-37-12-9-19(10-13-37)18-40-20-7-8-23(27(14-20)39-2)35-28-15-21-25(16-33-17-26(21)36-28)34-24-6-4-5-22(31)29(24)30(32)38/h4-8,14-17,19,34-36H,3,9-13,18H2,1-2H3,(H2,32,38). The van der Waals surface area contributed by atoms with Crippen LogP contribution in [0.15, 0.2) is 54.9 Å². The summed E-state index contributed by atoms with van der Waals surface area (Å²) in [5.41, 5.74) is 7.56. The van der Waals surface area contributed by atoms with Crippen molar-refractivity contribution in [2.75, 3.05) is 44.0 Å². The molecular formula is C30H35FN6O3. The zero-order valence-corrected chi connectivity index (χ0v) is 22.8. The Morgan fingerprint density at radius 3 is 2.70 bits per heavy atom. The zero-order valence-electron chi connectivity index (χ0n) is 22.8. The molecule has 0 saturated carbocycles. The van der Waals surface area contributed by atoms with Gasteiger partial charge in [-0.15, -0.1) is 0 Å². The number of nitrogens with one attached hydrogen (secondary N) is 3. The van der Waals surface area contributed by atoms with E-state index in [0.29, 0.717) is 29.8 Å². The maximum Gasteiger partial charge on any atom is 0.253 e. The number of fused-ring (bicyclic) bond motifs is 1. The lowest BCUT2D eigenvalue weighted by Gasteiger charge is -2.31. The number of likely N-dealkylation sites (tertiary alicyclic amines) is 1. The molecule has 1 fully saturated rings. The first kappa shape index (κ1) is 27.3. The van der Waals surface area contributed by atoms with Crippen LogP contribution >= 0.6 is 0 Å². The maximum absolute atomic E-state index is 14.3. The van der Waals surface area contributed by atoms with Crippen molar-refractivity contribution < 1.29 is 18.7 Å². The summed E-state index contributed by atoms with van der Waals surface area (Å²) in [5.74, 6) is 1.14. The number of primary amides is 1. The molecule has 10 heteroatoms. The van der Waals surface area contributed by atoms with E-state index in [-0.39, 0.29) is 11.3 Å². The van der Waals surface area contributed by atoms with Crippen LogP contribution in [0, 0.1) is 11.7 Å². The first-order valence-corrected chi connectivity index (χ1v) is 13.6. The van der Waals surface area contributed by atoms with Gasteiger partial charge in [0, 0.05) is 11.5 Å². The minimum Gasteiger partial charge on any atom is -0.494 e. The number of nitrogens with zero attached hydrogens (tertiary/aromatic N) is 2. The van der Waals surface area contributed by atoms with Gasteiger partial charge in [-0.05, 0) is 75.1 Å². The van der Waals surface area contributed by atoms with E-state index in [9.17, 15) is 9.18 Å². The van der Waals surface area contributed by atoms with Crippen molar-refractivity contribution in [2.24, 2.45) is 11.7 Å². The number of carbonyl (C=O) groups is 1. The van der Waals surface area contributed by atoms with Crippen molar-refractivity contribution in [1.29, 1.82) is 0 Å². The van der Waals surface area contributed by atoms with E-state index in [4.69, 9.17) is 15.2 Å². The van der Waals surface area contributed by atoms with Crippen LogP contribution in [0.1, 0.15) is 36.5 Å². The second-order valence-corrected chi connectivity index (χ2v) is 10.1. The van der Waals surface area contributed by atoms with Crippen molar-refractivity contribution in [3.63, 3.8) is 0 Å². The number of rotatable bonds is 11. The van der Waals surface area contributed by atoms with Crippen LogP contribution in [0.2, 0.25) is 0 Å². The van der Waals surface area contributed by atoms with E-state index in [1.165, 1.54) is 25.1 Å². The SMILES string of the molecule is CCCN1CCC(COc2ccc(Nc3cc4c(Nc5cccc(F)c5C(N)=O)cncc4[nH]3)c(OC)c2)CC1. The average Bonchev–Trinajstić information content (AvgIpc) is 3.37. The lowest BCUT2D eigenvalue weighted by atomic mass is 9.98. The van der Waals surface area contributed by atoms with Gasteiger partial charge in [0.1, 0.15) is 23.1 Å². The van der Waals surface area contributed by atoms with Crippen molar-refractivity contribution in [1.82, 2.24) is 14.9 Å². The van der Waals surface area contributed by atoms with Crippen LogP contribution in [0.3, 0.4) is 0 Å². The van der Waals surface area contributed by atoms with Gasteiger partial charge in [0.15, 0.2) is 0 Å². The topological polar surface area (TPSA) is 118 Å². The Balaban J connectivity index is 1.28. The third kappa shape index (κ3) is 6.12. The summed E-state index contributed by atoms with van der Waals surface area (Å²) in [5, 5.41) is 7.25. The second-order valence-electron chi connectivity index (χ2n) is 10.1. The summed E-state index contributed by atoms with van der Waals surface area (Å²) in [7, 11) is 1.63. The summed E-state index contributed by atoms with van der Waals surface area (Å²) < 4.78 is 26.0. The first-order valence-electron chi connectivity index (χ1n) is 13.6. The molecule has 2 aromatic carbocycles. The number of methoxy groups -OCH3 is 1.